The van der Waals surface area contributed by atoms with Crippen LogP contribution in [0.3, 0.4) is 0 Å². The van der Waals surface area contributed by atoms with Crippen LogP contribution in [0.1, 0.15) is 11.1 Å². The van der Waals surface area contributed by atoms with Crippen molar-refractivity contribution in [2.24, 2.45) is 0 Å². The van der Waals surface area contributed by atoms with Gasteiger partial charge in [-0.2, -0.15) is 13.2 Å². The van der Waals surface area contributed by atoms with E-state index >= 15 is 0 Å². The molecule has 152 valence electrons. The fraction of sp³-hybridized carbons (Fsp3) is 0.333. The van der Waals surface area contributed by atoms with Gasteiger partial charge in [0.25, 0.3) is 5.67 Å². The molecule has 0 saturated heterocycles. The molecular weight excluding hydrogens is 376 g/mol. The molecular formula is C21H22F4O3. The summed E-state index contributed by atoms with van der Waals surface area (Å²) in [7, 11) is 0. The van der Waals surface area contributed by atoms with Crippen molar-refractivity contribution in [1.82, 2.24) is 0 Å². The summed E-state index contributed by atoms with van der Waals surface area (Å²) in [4.78, 5) is 0. The highest BCUT2D eigenvalue weighted by Crippen LogP contribution is 2.41. The highest BCUT2D eigenvalue weighted by Gasteiger charge is 2.61. The SMILES string of the molecule is C=C[C@@](F)([C@H](OCc1ccccc1)[C@@H](CO)OCc1ccccc1)C(F)(F)F. The van der Waals surface area contributed by atoms with E-state index in [0.29, 0.717) is 11.1 Å². The highest BCUT2D eigenvalue weighted by atomic mass is 19.4. The molecule has 3 atom stereocenters. The Labute approximate surface area is 161 Å². The lowest BCUT2D eigenvalue weighted by atomic mass is 9.93. The van der Waals surface area contributed by atoms with Crippen LogP contribution >= 0.6 is 0 Å². The van der Waals surface area contributed by atoms with Gasteiger partial charge in [0, 0.05) is 0 Å². The molecule has 0 aliphatic rings. The second kappa shape index (κ2) is 9.82. The number of rotatable bonds is 10. The Morgan fingerprint density at radius 1 is 0.857 bits per heavy atom. The zero-order valence-corrected chi connectivity index (χ0v) is 15.1. The first-order valence-corrected chi connectivity index (χ1v) is 8.63. The van der Waals surface area contributed by atoms with Crippen molar-refractivity contribution in [3.63, 3.8) is 0 Å². The first kappa shape index (κ1) is 22.1. The molecule has 7 heteroatoms. The van der Waals surface area contributed by atoms with Crippen LogP contribution in [0, 0.1) is 0 Å². The Morgan fingerprint density at radius 2 is 1.32 bits per heavy atom. The third-order valence-electron chi connectivity index (χ3n) is 4.24. The maximum Gasteiger partial charge on any atom is 0.428 e. The van der Waals surface area contributed by atoms with Crippen LogP contribution < -0.4 is 0 Å². The normalized spacial score (nSPS) is 16.2. The van der Waals surface area contributed by atoms with Gasteiger partial charge in [-0.3, -0.25) is 0 Å². The minimum absolute atomic E-state index is 0.109. The Hall–Kier alpha value is -2.22. The van der Waals surface area contributed by atoms with Crippen LogP contribution in [0.4, 0.5) is 17.6 Å². The van der Waals surface area contributed by atoms with Crippen LogP contribution in [0.15, 0.2) is 73.3 Å². The molecule has 0 unspecified atom stereocenters. The van der Waals surface area contributed by atoms with Crippen LogP contribution in [0.2, 0.25) is 0 Å². The van der Waals surface area contributed by atoms with Crippen molar-refractivity contribution in [3.05, 3.63) is 84.4 Å². The van der Waals surface area contributed by atoms with Gasteiger partial charge in [-0.05, 0) is 17.2 Å². The molecule has 0 bridgehead atoms. The summed E-state index contributed by atoms with van der Waals surface area (Å²) in [6, 6.07) is 17.0. The van der Waals surface area contributed by atoms with Gasteiger partial charge in [0.2, 0.25) is 0 Å². The first-order chi connectivity index (χ1) is 13.3. The second-order valence-electron chi connectivity index (χ2n) is 6.20. The molecule has 28 heavy (non-hydrogen) atoms. The topological polar surface area (TPSA) is 38.7 Å². The van der Waals surface area contributed by atoms with Crippen LogP contribution in [0.25, 0.3) is 0 Å². The number of aliphatic hydroxyl groups is 1. The van der Waals surface area contributed by atoms with Gasteiger partial charge in [-0.15, -0.1) is 0 Å². The number of ether oxygens (including phenoxy) is 2. The van der Waals surface area contributed by atoms with E-state index in [-0.39, 0.29) is 19.3 Å². The number of alkyl halides is 4. The van der Waals surface area contributed by atoms with E-state index in [9.17, 15) is 22.7 Å². The number of benzene rings is 2. The molecule has 0 saturated carbocycles. The number of hydrogen-bond acceptors (Lipinski definition) is 3. The molecule has 0 amide bonds. The summed E-state index contributed by atoms with van der Waals surface area (Å²) in [5.74, 6) is 0. The lowest BCUT2D eigenvalue weighted by Crippen LogP contribution is -2.56. The molecule has 2 aromatic rings. The predicted molar refractivity (Wildman–Crippen MR) is 97.2 cm³/mol. The molecule has 2 aromatic carbocycles. The van der Waals surface area contributed by atoms with E-state index in [2.05, 4.69) is 6.58 Å². The second-order valence-corrected chi connectivity index (χ2v) is 6.20. The summed E-state index contributed by atoms with van der Waals surface area (Å²) >= 11 is 0. The van der Waals surface area contributed by atoms with Gasteiger partial charge < -0.3 is 14.6 Å². The van der Waals surface area contributed by atoms with Crippen molar-refractivity contribution in [3.8, 4) is 0 Å². The average molecular weight is 398 g/mol. The van der Waals surface area contributed by atoms with Crippen LogP contribution in [-0.2, 0) is 22.7 Å². The summed E-state index contributed by atoms with van der Waals surface area (Å²) < 4.78 is 66.1. The standard InChI is InChI=1S/C21H22F4O3/c1-2-20(22,21(23,24)25)19(28-15-17-11-7-4-8-12-17)18(13-26)27-14-16-9-5-3-6-10-16/h2-12,18-19,26H,1,13-15H2/t18-,19-,20-/m1/s1. The van der Waals surface area contributed by atoms with Gasteiger partial charge in [-0.25, -0.2) is 4.39 Å². The lowest BCUT2D eigenvalue weighted by molar-refractivity contribution is -0.269. The molecule has 0 spiro atoms. The number of aliphatic hydroxyl groups excluding tert-OH is 1. The van der Waals surface area contributed by atoms with E-state index in [1.165, 1.54) is 0 Å². The lowest BCUT2D eigenvalue weighted by Gasteiger charge is -2.36. The van der Waals surface area contributed by atoms with Crippen molar-refractivity contribution in [2.45, 2.75) is 37.3 Å². The third-order valence-corrected chi connectivity index (χ3v) is 4.24. The molecule has 0 aliphatic carbocycles. The minimum atomic E-state index is -5.29. The van der Waals surface area contributed by atoms with E-state index in [1.807, 2.05) is 0 Å². The van der Waals surface area contributed by atoms with E-state index in [0.717, 1.165) is 0 Å². The van der Waals surface area contributed by atoms with Crippen molar-refractivity contribution in [1.29, 1.82) is 0 Å². The summed E-state index contributed by atoms with van der Waals surface area (Å²) in [5, 5.41) is 9.62. The maximum absolute atomic E-state index is 15.0. The van der Waals surface area contributed by atoms with Gasteiger partial charge in [0.15, 0.2) is 0 Å². The summed E-state index contributed by atoms with van der Waals surface area (Å²) in [6.07, 6.45) is -8.84. The Bertz CT molecular complexity index is 721. The smallest absolute Gasteiger partial charge is 0.394 e. The Balaban J connectivity index is 2.24. The van der Waals surface area contributed by atoms with Crippen LogP contribution in [0.5, 0.6) is 0 Å². The van der Waals surface area contributed by atoms with Gasteiger partial charge in [0.1, 0.15) is 12.2 Å². The first-order valence-electron chi connectivity index (χ1n) is 8.63. The summed E-state index contributed by atoms with van der Waals surface area (Å²) in [6.45, 7) is 1.74. The average Bonchev–Trinajstić information content (AvgIpc) is 2.70. The number of hydrogen-bond donors (Lipinski definition) is 1. The van der Waals surface area contributed by atoms with E-state index in [4.69, 9.17) is 9.47 Å². The molecule has 0 aromatic heterocycles. The Kier molecular flexibility index (Phi) is 7.74. The maximum atomic E-state index is 15.0. The monoisotopic (exact) mass is 398 g/mol. The number of halogens is 4. The fourth-order valence-electron chi connectivity index (χ4n) is 2.67. The molecule has 0 fully saturated rings. The predicted octanol–water partition coefficient (Wildman–Crippen LogP) is 4.61. The largest absolute Gasteiger partial charge is 0.428 e. The molecule has 0 heterocycles. The molecule has 0 radical (unpaired) electrons. The van der Waals surface area contributed by atoms with Crippen molar-refractivity contribution in [2.75, 3.05) is 6.61 Å². The summed E-state index contributed by atoms with van der Waals surface area (Å²) in [5.41, 5.74) is -2.68. The van der Waals surface area contributed by atoms with Gasteiger partial charge in [0.05, 0.1) is 19.8 Å². The molecule has 1 N–H and O–H groups in total. The zero-order chi connectivity index (χ0) is 20.6. The van der Waals surface area contributed by atoms with Crippen LogP contribution in [-0.4, -0.2) is 35.8 Å². The van der Waals surface area contributed by atoms with E-state index < -0.39 is 30.7 Å². The minimum Gasteiger partial charge on any atom is -0.394 e. The van der Waals surface area contributed by atoms with Gasteiger partial charge in [-0.1, -0.05) is 67.2 Å². The molecule has 0 aliphatic heterocycles. The molecule has 3 nitrogen and oxygen atoms in total. The zero-order valence-electron chi connectivity index (χ0n) is 15.1. The van der Waals surface area contributed by atoms with Crippen molar-refractivity contribution >= 4 is 0 Å². The quantitative estimate of drug-likeness (QED) is 0.469. The van der Waals surface area contributed by atoms with Gasteiger partial charge >= 0.3 is 6.18 Å². The van der Waals surface area contributed by atoms with Crippen molar-refractivity contribution < 1.29 is 32.1 Å². The van der Waals surface area contributed by atoms with E-state index in [1.54, 1.807) is 60.7 Å². The third kappa shape index (κ3) is 5.41. The fourth-order valence-corrected chi connectivity index (χ4v) is 2.67. The highest BCUT2D eigenvalue weighted by molar-refractivity contribution is 5.16. The Morgan fingerprint density at radius 3 is 1.71 bits per heavy atom. The molecule has 2 rings (SSSR count).